The lowest BCUT2D eigenvalue weighted by molar-refractivity contribution is -0.126. The normalized spacial score (nSPS) is 16.2. The minimum atomic E-state index is -1.47. The third-order valence-electron chi connectivity index (χ3n) is 5.26. The molecule has 3 aromatic rings. The summed E-state index contributed by atoms with van der Waals surface area (Å²) >= 11 is 0. The number of nitrogens with two attached hydrogens (primary N) is 1. The average molecular weight is 465 g/mol. The summed E-state index contributed by atoms with van der Waals surface area (Å²) in [7, 11) is 1.36. The van der Waals surface area contributed by atoms with Crippen LogP contribution in [0.5, 0.6) is 5.75 Å². The number of aromatic nitrogens is 2. The first-order valence-electron chi connectivity index (χ1n) is 10.4. The van der Waals surface area contributed by atoms with E-state index in [4.69, 9.17) is 19.9 Å². The number of carbonyl (C=O) groups is 2. The Kier molecular flexibility index (Phi) is 6.51. The van der Waals surface area contributed by atoms with Gasteiger partial charge in [0.25, 0.3) is 0 Å². The van der Waals surface area contributed by atoms with E-state index in [0.29, 0.717) is 28.8 Å². The summed E-state index contributed by atoms with van der Waals surface area (Å²) in [6, 6.07) is 12.7. The monoisotopic (exact) mass is 465 g/mol. The van der Waals surface area contributed by atoms with Crippen LogP contribution in [0.25, 0.3) is 17.0 Å². The molecule has 1 aliphatic heterocycles. The smallest absolute Gasteiger partial charge is 0.339 e. The highest BCUT2D eigenvalue weighted by molar-refractivity contribution is 6.02. The van der Waals surface area contributed by atoms with Crippen molar-refractivity contribution in [2.45, 2.75) is 25.4 Å². The number of amides is 1. The number of fused-ring (bicyclic) bond motifs is 1. The van der Waals surface area contributed by atoms with Crippen LogP contribution in [0.1, 0.15) is 21.6 Å². The van der Waals surface area contributed by atoms with Crippen molar-refractivity contribution in [1.29, 1.82) is 0 Å². The van der Waals surface area contributed by atoms with E-state index in [9.17, 15) is 19.8 Å². The van der Waals surface area contributed by atoms with E-state index in [1.165, 1.54) is 30.2 Å². The molecule has 0 saturated carbocycles. The quantitative estimate of drug-likeness (QED) is 0.435. The summed E-state index contributed by atoms with van der Waals surface area (Å²) < 4.78 is 18.1. The maximum absolute atomic E-state index is 11.7. The summed E-state index contributed by atoms with van der Waals surface area (Å²) in [5.41, 5.74) is 7.00. The van der Waals surface area contributed by atoms with Crippen molar-refractivity contribution in [3.8, 4) is 5.75 Å². The van der Waals surface area contributed by atoms with Gasteiger partial charge in [-0.3, -0.25) is 9.48 Å². The molecule has 10 nitrogen and oxygen atoms in total. The van der Waals surface area contributed by atoms with Crippen molar-refractivity contribution in [2.24, 2.45) is 5.73 Å². The highest BCUT2D eigenvalue weighted by Crippen LogP contribution is 2.34. The molecule has 0 bridgehead atoms. The SMILES string of the molecule is COc1c(C(=O)O)ccc2c1c(C=CC1=COC(Cc3ccccc3)O1)nn2CC(O)C(N)=O. The summed E-state index contributed by atoms with van der Waals surface area (Å²) in [6.07, 6.45) is 3.35. The van der Waals surface area contributed by atoms with Gasteiger partial charge < -0.3 is 30.2 Å². The fourth-order valence-corrected chi connectivity index (χ4v) is 3.65. The molecular weight excluding hydrogens is 442 g/mol. The highest BCUT2D eigenvalue weighted by Gasteiger charge is 2.23. The molecule has 1 aromatic heterocycles. The predicted molar refractivity (Wildman–Crippen MR) is 122 cm³/mol. The Hall–Kier alpha value is -4.31. The number of methoxy groups -OCH3 is 1. The highest BCUT2D eigenvalue weighted by atomic mass is 16.7. The van der Waals surface area contributed by atoms with Crippen LogP contribution in [0.3, 0.4) is 0 Å². The van der Waals surface area contributed by atoms with E-state index < -0.39 is 24.3 Å². The molecule has 4 rings (SSSR count). The molecule has 2 aromatic carbocycles. The topological polar surface area (TPSA) is 146 Å². The second kappa shape index (κ2) is 9.67. The number of aliphatic hydroxyl groups is 1. The van der Waals surface area contributed by atoms with Crippen molar-refractivity contribution < 1.29 is 34.0 Å². The zero-order valence-electron chi connectivity index (χ0n) is 18.2. The van der Waals surface area contributed by atoms with Gasteiger partial charge in [0.15, 0.2) is 11.9 Å². The fourth-order valence-electron chi connectivity index (χ4n) is 3.65. The molecule has 2 atom stereocenters. The van der Waals surface area contributed by atoms with Gasteiger partial charge in [0, 0.05) is 6.42 Å². The Morgan fingerprint density at radius 2 is 2.00 bits per heavy atom. The number of aromatic carboxylic acids is 1. The molecule has 4 N–H and O–H groups in total. The van der Waals surface area contributed by atoms with Gasteiger partial charge in [0.2, 0.25) is 12.2 Å². The van der Waals surface area contributed by atoms with Crippen LogP contribution in [0.15, 0.2) is 60.6 Å². The minimum Gasteiger partial charge on any atom is -0.495 e. The van der Waals surface area contributed by atoms with E-state index >= 15 is 0 Å². The van der Waals surface area contributed by atoms with Crippen LogP contribution in [0.4, 0.5) is 0 Å². The zero-order chi connectivity index (χ0) is 24.2. The van der Waals surface area contributed by atoms with Gasteiger partial charge in [-0.05, 0) is 29.8 Å². The predicted octanol–water partition coefficient (Wildman–Crippen LogP) is 2.06. The third-order valence-corrected chi connectivity index (χ3v) is 5.26. The molecule has 34 heavy (non-hydrogen) atoms. The van der Waals surface area contributed by atoms with Gasteiger partial charge >= 0.3 is 5.97 Å². The number of allylic oxidation sites excluding steroid dienone is 1. The molecule has 2 unspecified atom stereocenters. The number of carbonyl (C=O) groups excluding carboxylic acids is 1. The molecule has 0 fully saturated rings. The van der Waals surface area contributed by atoms with Gasteiger partial charge in [0.05, 0.1) is 30.3 Å². The molecule has 0 spiro atoms. The number of hydrogen-bond acceptors (Lipinski definition) is 7. The number of benzene rings is 2. The van der Waals surface area contributed by atoms with Crippen LogP contribution in [-0.4, -0.2) is 51.4 Å². The van der Waals surface area contributed by atoms with Gasteiger partial charge in [0.1, 0.15) is 17.6 Å². The largest absolute Gasteiger partial charge is 0.495 e. The number of carboxylic acid groups (broad SMARTS) is 1. The van der Waals surface area contributed by atoms with E-state index in [-0.39, 0.29) is 17.9 Å². The number of primary amides is 1. The number of hydrogen-bond donors (Lipinski definition) is 3. The molecule has 0 aliphatic carbocycles. The maximum Gasteiger partial charge on any atom is 0.339 e. The first kappa shape index (κ1) is 22.9. The fraction of sp³-hybridized carbons (Fsp3) is 0.208. The lowest BCUT2D eigenvalue weighted by Crippen LogP contribution is -2.32. The van der Waals surface area contributed by atoms with E-state index in [1.54, 1.807) is 12.2 Å². The van der Waals surface area contributed by atoms with E-state index in [0.717, 1.165) is 5.56 Å². The maximum atomic E-state index is 11.7. The molecule has 1 amide bonds. The van der Waals surface area contributed by atoms with Gasteiger partial charge in [-0.1, -0.05) is 30.3 Å². The van der Waals surface area contributed by atoms with Crippen LogP contribution >= 0.6 is 0 Å². The lowest BCUT2D eigenvalue weighted by Gasteiger charge is -2.10. The van der Waals surface area contributed by atoms with Crippen LogP contribution in [-0.2, 0) is 27.2 Å². The molecular formula is C24H23N3O7. The molecule has 0 radical (unpaired) electrons. The third kappa shape index (κ3) is 4.71. The number of carboxylic acids is 1. The number of rotatable bonds is 9. The van der Waals surface area contributed by atoms with Crippen molar-refractivity contribution in [3.05, 3.63) is 77.4 Å². The number of aliphatic hydroxyl groups excluding tert-OH is 1. The standard InChI is InChI=1S/C24H23N3O7/c1-32-22-16(24(30)31)8-10-18-21(22)17(26-27(18)12-19(28)23(25)29)9-7-15-13-33-20(34-15)11-14-5-3-2-4-6-14/h2-10,13,19-20,28H,11-12H2,1H3,(H2,25,29)(H,30,31). The lowest BCUT2D eigenvalue weighted by atomic mass is 10.1. The molecule has 176 valence electrons. The second-order valence-corrected chi connectivity index (χ2v) is 7.56. The van der Waals surface area contributed by atoms with Crippen molar-refractivity contribution >= 4 is 28.9 Å². The van der Waals surface area contributed by atoms with E-state index in [1.807, 2.05) is 30.3 Å². The Morgan fingerprint density at radius 1 is 1.24 bits per heavy atom. The van der Waals surface area contributed by atoms with E-state index in [2.05, 4.69) is 5.10 Å². The molecule has 1 aliphatic rings. The van der Waals surface area contributed by atoms with Gasteiger partial charge in [-0.25, -0.2) is 4.79 Å². The molecule has 10 heteroatoms. The summed E-state index contributed by atoms with van der Waals surface area (Å²) in [4.78, 5) is 23.0. The summed E-state index contributed by atoms with van der Waals surface area (Å²) in [5.74, 6) is -1.52. The van der Waals surface area contributed by atoms with Crippen molar-refractivity contribution in [2.75, 3.05) is 7.11 Å². The van der Waals surface area contributed by atoms with Gasteiger partial charge in [-0.2, -0.15) is 5.10 Å². The average Bonchev–Trinajstić information content (AvgIpc) is 3.41. The number of ether oxygens (including phenoxy) is 3. The van der Waals surface area contributed by atoms with Crippen molar-refractivity contribution in [3.63, 3.8) is 0 Å². The van der Waals surface area contributed by atoms with Gasteiger partial charge in [-0.15, -0.1) is 0 Å². The minimum absolute atomic E-state index is 0.0535. The summed E-state index contributed by atoms with van der Waals surface area (Å²) in [5, 5.41) is 24.3. The second-order valence-electron chi connectivity index (χ2n) is 7.56. The first-order valence-corrected chi connectivity index (χ1v) is 10.4. The zero-order valence-corrected chi connectivity index (χ0v) is 18.2. The summed E-state index contributed by atoms with van der Waals surface area (Å²) in [6.45, 7) is -0.212. The Balaban J connectivity index is 1.64. The van der Waals surface area contributed by atoms with Crippen LogP contribution < -0.4 is 10.5 Å². The molecule has 0 saturated heterocycles. The Labute approximate surface area is 194 Å². The Morgan fingerprint density at radius 3 is 2.68 bits per heavy atom. The Bertz CT molecular complexity index is 1280. The first-order chi connectivity index (χ1) is 16.4. The number of nitrogens with zero attached hydrogens (tertiary/aromatic N) is 2. The van der Waals surface area contributed by atoms with Crippen molar-refractivity contribution in [1.82, 2.24) is 9.78 Å². The van der Waals surface area contributed by atoms with Crippen LogP contribution in [0, 0.1) is 0 Å². The molecule has 2 heterocycles. The van der Waals surface area contributed by atoms with Crippen LogP contribution in [0.2, 0.25) is 0 Å².